The first-order valence-electron chi connectivity index (χ1n) is 4.54. The second-order valence-corrected chi connectivity index (χ2v) is 4.60. The van der Waals surface area contributed by atoms with Gasteiger partial charge in [0, 0.05) is 12.4 Å². The summed E-state index contributed by atoms with van der Waals surface area (Å²) in [6, 6.07) is 9.40. The molecular formula is C11H8NNaO3S. The van der Waals surface area contributed by atoms with Crippen LogP contribution in [-0.4, -0.2) is 18.0 Å². The topological polar surface area (TPSA) is 70.1 Å². The molecule has 0 fully saturated rings. The second kappa shape index (κ2) is 5.75. The number of hydrogen-bond donors (Lipinski definition) is 0. The van der Waals surface area contributed by atoms with Crippen LogP contribution in [-0.2, 0) is 10.1 Å². The fourth-order valence-corrected chi connectivity index (χ4v) is 1.82. The predicted molar refractivity (Wildman–Crippen MR) is 57.6 cm³/mol. The molecule has 2 rings (SSSR count). The molecule has 0 radical (unpaired) electrons. The van der Waals surface area contributed by atoms with Crippen molar-refractivity contribution in [2.75, 3.05) is 0 Å². The van der Waals surface area contributed by atoms with Crippen LogP contribution in [0.15, 0.2) is 53.7 Å². The van der Waals surface area contributed by atoms with Gasteiger partial charge in [-0.1, -0.05) is 18.2 Å². The largest absolute Gasteiger partial charge is 1.00 e. The molecule has 0 N–H and O–H groups in total. The quantitative estimate of drug-likeness (QED) is 0.493. The van der Waals surface area contributed by atoms with Crippen LogP contribution in [0.3, 0.4) is 0 Å². The molecule has 1 heterocycles. The second-order valence-electron chi connectivity index (χ2n) is 3.22. The fraction of sp³-hybridized carbons (Fsp3) is 0. The van der Waals surface area contributed by atoms with E-state index in [-0.39, 0.29) is 34.5 Å². The minimum atomic E-state index is -4.37. The molecule has 0 aliphatic heterocycles. The van der Waals surface area contributed by atoms with Gasteiger partial charge in [0.1, 0.15) is 10.1 Å². The zero-order valence-corrected chi connectivity index (χ0v) is 12.0. The Bertz CT molecular complexity index is 582. The molecule has 0 spiro atoms. The van der Waals surface area contributed by atoms with E-state index in [2.05, 4.69) is 4.98 Å². The van der Waals surface area contributed by atoms with Gasteiger partial charge in [0.15, 0.2) is 0 Å². The maximum absolute atomic E-state index is 10.7. The molecule has 0 saturated heterocycles. The Morgan fingerprint density at radius 1 is 1.00 bits per heavy atom. The molecule has 0 saturated carbocycles. The van der Waals surface area contributed by atoms with Gasteiger partial charge in [-0.2, -0.15) is 0 Å². The van der Waals surface area contributed by atoms with Crippen molar-refractivity contribution in [1.29, 1.82) is 0 Å². The molecule has 0 amide bonds. The molecular weight excluding hydrogens is 249 g/mol. The third-order valence-corrected chi connectivity index (χ3v) is 2.99. The van der Waals surface area contributed by atoms with E-state index in [1.54, 1.807) is 30.6 Å². The molecule has 0 atom stereocenters. The smallest absolute Gasteiger partial charge is 0.744 e. The summed E-state index contributed by atoms with van der Waals surface area (Å²) in [6.45, 7) is 0. The zero-order chi connectivity index (χ0) is 11.6. The van der Waals surface area contributed by atoms with E-state index in [0.717, 1.165) is 11.1 Å². The average molecular weight is 257 g/mol. The van der Waals surface area contributed by atoms with E-state index in [4.69, 9.17) is 0 Å². The van der Waals surface area contributed by atoms with Gasteiger partial charge in [0.2, 0.25) is 0 Å². The molecule has 17 heavy (non-hydrogen) atoms. The van der Waals surface area contributed by atoms with Crippen LogP contribution in [0.2, 0.25) is 0 Å². The van der Waals surface area contributed by atoms with Gasteiger partial charge >= 0.3 is 29.6 Å². The summed E-state index contributed by atoms with van der Waals surface area (Å²) >= 11 is 0. The van der Waals surface area contributed by atoms with Crippen molar-refractivity contribution in [2.24, 2.45) is 0 Å². The molecule has 0 aliphatic rings. The van der Waals surface area contributed by atoms with Gasteiger partial charge in [0.05, 0.1) is 4.90 Å². The Kier molecular flexibility index (Phi) is 4.85. The van der Waals surface area contributed by atoms with Gasteiger partial charge in [-0.15, -0.1) is 0 Å². The first-order valence-corrected chi connectivity index (χ1v) is 5.94. The molecule has 1 aromatic heterocycles. The number of rotatable bonds is 2. The number of hydrogen-bond acceptors (Lipinski definition) is 4. The Morgan fingerprint density at radius 3 is 2.12 bits per heavy atom. The summed E-state index contributed by atoms with van der Waals surface area (Å²) in [7, 11) is -4.37. The zero-order valence-electron chi connectivity index (χ0n) is 9.20. The van der Waals surface area contributed by atoms with E-state index in [1.165, 1.54) is 12.1 Å². The number of aromatic nitrogens is 1. The normalized spacial score (nSPS) is 10.6. The summed E-state index contributed by atoms with van der Waals surface area (Å²) in [5.41, 5.74) is 1.69. The Morgan fingerprint density at radius 2 is 1.65 bits per heavy atom. The van der Waals surface area contributed by atoms with Gasteiger partial charge in [-0.05, 0) is 29.3 Å². The molecule has 0 unspecified atom stereocenters. The van der Waals surface area contributed by atoms with Crippen molar-refractivity contribution < 1.29 is 42.5 Å². The summed E-state index contributed by atoms with van der Waals surface area (Å²) in [4.78, 5) is 3.73. The van der Waals surface area contributed by atoms with Crippen LogP contribution in [0.5, 0.6) is 0 Å². The molecule has 4 nitrogen and oxygen atoms in total. The maximum Gasteiger partial charge on any atom is 1.00 e. The summed E-state index contributed by atoms with van der Waals surface area (Å²) in [5, 5.41) is 0. The summed E-state index contributed by atoms with van der Waals surface area (Å²) < 4.78 is 32.1. The van der Waals surface area contributed by atoms with Gasteiger partial charge < -0.3 is 4.55 Å². The molecule has 0 aliphatic carbocycles. The molecule has 1 aromatic carbocycles. The third kappa shape index (κ3) is 3.62. The van der Waals surface area contributed by atoms with Gasteiger partial charge in [-0.3, -0.25) is 4.98 Å². The number of benzene rings is 1. The number of pyridine rings is 1. The SMILES string of the molecule is O=S(=O)([O-])c1ccc(-c2cccnc2)cc1.[Na+]. The van der Waals surface area contributed by atoms with Crippen molar-refractivity contribution in [3.63, 3.8) is 0 Å². The monoisotopic (exact) mass is 257 g/mol. The molecule has 6 heteroatoms. The van der Waals surface area contributed by atoms with Gasteiger partial charge in [-0.25, -0.2) is 8.42 Å². The average Bonchev–Trinajstić information content (AvgIpc) is 2.29. The van der Waals surface area contributed by atoms with E-state index in [9.17, 15) is 13.0 Å². The Labute approximate surface area is 122 Å². The maximum atomic E-state index is 10.7. The van der Waals surface area contributed by atoms with Crippen LogP contribution >= 0.6 is 0 Å². The molecule has 0 bridgehead atoms. The van der Waals surface area contributed by atoms with Gasteiger partial charge in [0.25, 0.3) is 0 Å². The van der Waals surface area contributed by atoms with Crippen molar-refractivity contribution in [2.45, 2.75) is 4.90 Å². The Balaban J connectivity index is 0.00000144. The molecule has 82 valence electrons. The first kappa shape index (κ1) is 14.3. The van der Waals surface area contributed by atoms with Crippen LogP contribution in [0.4, 0.5) is 0 Å². The number of nitrogens with zero attached hydrogens (tertiary/aromatic N) is 1. The van der Waals surface area contributed by atoms with Crippen LogP contribution in [0.1, 0.15) is 0 Å². The van der Waals surface area contributed by atoms with Crippen molar-refractivity contribution >= 4 is 10.1 Å². The minimum Gasteiger partial charge on any atom is -0.744 e. The van der Waals surface area contributed by atoms with Crippen LogP contribution in [0.25, 0.3) is 11.1 Å². The van der Waals surface area contributed by atoms with E-state index >= 15 is 0 Å². The molecule has 2 aromatic rings. The van der Waals surface area contributed by atoms with Crippen molar-refractivity contribution in [3.8, 4) is 11.1 Å². The van der Waals surface area contributed by atoms with Crippen LogP contribution in [0, 0.1) is 0 Å². The minimum absolute atomic E-state index is 0. The standard InChI is InChI=1S/C11H9NO3S.Na/c13-16(14,15)11-5-3-9(4-6-11)10-2-1-7-12-8-10;/h1-8H,(H,13,14,15);/q;+1/p-1. The fourth-order valence-electron chi connectivity index (χ4n) is 1.35. The predicted octanol–water partition coefficient (Wildman–Crippen LogP) is -1.34. The van der Waals surface area contributed by atoms with Crippen molar-refractivity contribution in [3.05, 3.63) is 48.8 Å². The Hall–Kier alpha value is -0.720. The van der Waals surface area contributed by atoms with E-state index in [1.807, 2.05) is 6.07 Å². The third-order valence-electron chi connectivity index (χ3n) is 2.14. The van der Waals surface area contributed by atoms with Crippen LogP contribution < -0.4 is 29.6 Å². The summed E-state index contributed by atoms with van der Waals surface area (Å²) in [6.07, 6.45) is 3.32. The first-order chi connectivity index (χ1) is 7.57. The van der Waals surface area contributed by atoms with Crippen molar-refractivity contribution in [1.82, 2.24) is 4.98 Å². The van der Waals surface area contributed by atoms with E-state index in [0.29, 0.717) is 0 Å². The summed E-state index contributed by atoms with van der Waals surface area (Å²) in [5.74, 6) is 0. The van der Waals surface area contributed by atoms with E-state index < -0.39 is 10.1 Å².